The number of hydrogen-bond donors (Lipinski definition) is 2. The van der Waals surface area contributed by atoms with Gasteiger partial charge in [-0.3, -0.25) is 0 Å². The molecular formula is C14H20FN5O. The standard InChI is InChI=1S/C14H20FN5O/c15-11-2-3-13-18-14(19-20(13)10-11)17-6-1-9-21-12-4-7-16-8-5-12/h2-3,10,12,16H,1,4-9H2,(H,17,19). The van der Waals surface area contributed by atoms with Gasteiger partial charge in [0, 0.05) is 13.2 Å². The highest BCUT2D eigenvalue weighted by Crippen LogP contribution is 2.08. The van der Waals surface area contributed by atoms with Gasteiger partial charge in [-0.15, -0.1) is 5.10 Å². The number of aromatic nitrogens is 3. The maximum atomic E-state index is 13.0. The molecule has 0 unspecified atom stereocenters. The maximum Gasteiger partial charge on any atom is 0.243 e. The molecule has 0 bridgehead atoms. The van der Waals surface area contributed by atoms with Gasteiger partial charge >= 0.3 is 0 Å². The summed E-state index contributed by atoms with van der Waals surface area (Å²) < 4.78 is 20.3. The van der Waals surface area contributed by atoms with Crippen molar-refractivity contribution in [3.05, 3.63) is 24.1 Å². The van der Waals surface area contributed by atoms with Crippen molar-refractivity contribution in [1.29, 1.82) is 0 Å². The fourth-order valence-corrected chi connectivity index (χ4v) is 2.42. The van der Waals surface area contributed by atoms with Crippen LogP contribution in [-0.4, -0.2) is 46.9 Å². The van der Waals surface area contributed by atoms with Crippen LogP contribution in [0.4, 0.5) is 10.3 Å². The first-order valence-electron chi connectivity index (χ1n) is 7.39. The minimum atomic E-state index is -0.325. The van der Waals surface area contributed by atoms with Crippen molar-refractivity contribution in [2.24, 2.45) is 0 Å². The van der Waals surface area contributed by atoms with Crippen LogP contribution in [-0.2, 0) is 4.74 Å². The van der Waals surface area contributed by atoms with Gasteiger partial charge in [0.25, 0.3) is 0 Å². The van der Waals surface area contributed by atoms with Gasteiger partial charge in [-0.2, -0.15) is 4.98 Å². The summed E-state index contributed by atoms with van der Waals surface area (Å²) in [6, 6.07) is 2.98. The third-order valence-corrected chi connectivity index (χ3v) is 3.54. The molecule has 0 saturated carbocycles. The van der Waals surface area contributed by atoms with Crippen molar-refractivity contribution < 1.29 is 9.13 Å². The van der Waals surface area contributed by atoms with E-state index in [-0.39, 0.29) is 5.82 Å². The topological polar surface area (TPSA) is 63.5 Å². The number of hydrogen-bond acceptors (Lipinski definition) is 5. The molecule has 0 aliphatic carbocycles. The molecular weight excluding hydrogens is 273 g/mol. The molecule has 1 aliphatic heterocycles. The fourth-order valence-electron chi connectivity index (χ4n) is 2.42. The second kappa shape index (κ2) is 6.82. The predicted molar refractivity (Wildman–Crippen MR) is 77.9 cm³/mol. The van der Waals surface area contributed by atoms with E-state index in [1.54, 1.807) is 6.07 Å². The Balaban J connectivity index is 1.40. The summed E-state index contributed by atoms with van der Waals surface area (Å²) in [6.45, 7) is 3.57. The number of piperidine rings is 1. The van der Waals surface area contributed by atoms with Crippen molar-refractivity contribution >= 4 is 11.6 Å². The van der Waals surface area contributed by atoms with Crippen LogP contribution in [0.1, 0.15) is 19.3 Å². The largest absolute Gasteiger partial charge is 0.378 e. The highest BCUT2D eigenvalue weighted by Gasteiger charge is 2.12. The molecule has 0 aromatic carbocycles. The van der Waals surface area contributed by atoms with Gasteiger partial charge in [0.1, 0.15) is 5.82 Å². The maximum absolute atomic E-state index is 13.0. The van der Waals surface area contributed by atoms with Crippen LogP contribution in [0.3, 0.4) is 0 Å². The Kier molecular flexibility index (Phi) is 4.62. The van der Waals surface area contributed by atoms with Crippen LogP contribution in [0.5, 0.6) is 0 Å². The minimum Gasteiger partial charge on any atom is -0.378 e. The predicted octanol–water partition coefficient (Wildman–Crippen LogP) is 1.44. The van der Waals surface area contributed by atoms with Gasteiger partial charge in [-0.1, -0.05) is 0 Å². The zero-order valence-electron chi connectivity index (χ0n) is 11.9. The monoisotopic (exact) mass is 293 g/mol. The fraction of sp³-hybridized carbons (Fsp3) is 0.571. The Morgan fingerprint density at radius 2 is 2.24 bits per heavy atom. The summed E-state index contributed by atoms with van der Waals surface area (Å²) in [5, 5.41) is 10.6. The van der Waals surface area contributed by atoms with Crippen molar-refractivity contribution in [2.45, 2.75) is 25.4 Å². The minimum absolute atomic E-state index is 0.325. The van der Waals surface area contributed by atoms with Crippen LogP contribution in [0.25, 0.3) is 5.65 Å². The van der Waals surface area contributed by atoms with E-state index in [9.17, 15) is 4.39 Å². The summed E-state index contributed by atoms with van der Waals surface area (Å²) in [4.78, 5) is 4.27. The molecule has 2 aromatic heterocycles. The number of pyridine rings is 1. The summed E-state index contributed by atoms with van der Waals surface area (Å²) in [5.74, 6) is 0.191. The zero-order chi connectivity index (χ0) is 14.5. The van der Waals surface area contributed by atoms with Crippen LogP contribution >= 0.6 is 0 Å². The van der Waals surface area contributed by atoms with Gasteiger partial charge in [0.05, 0.1) is 12.3 Å². The van der Waals surface area contributed by atoms with Gasteiger partial charge in [-0.05, 0) is 44.5 Å². The number of fused-ring (bicyclic) bond motifs is 1. The van der Waals surface area contributed by atoms with Crippen molar-refractivity contribution in [1.82, 2.24) is 19.9 Å². The average Bonchev–Trinajstić information content (AvgIpc) is 2.90. The quantitative estimate of drug-likeness (QED) is 0.789. The molecule has 3 rings (SSSR count). The Morgan fingerprint density at radius 3 is 3.10 bits per heavy atom. The molecule has 0 radical (unpaired) electrons. The van der Waals surface area contributed by atoms with Gasteiger partial charge in [0.2, 0.25) is 5.95 Å². The Labute approximate surface area is 122 Å². The molecule has 2 N–H and O–H groups in total. The van der Waals surface area contributed by atoms with E-state index >= 15 is 0 Å². The number of ether oxygens (including phenoxy) is 1. The van der Waals surface area contributed by atoms with E-state index in [1.165, 1.54) is 16.8 Å². The van der Waals surface area contributed by atoms with Crippen LogP contribution in [0.15, 0.2) is 18.3 Å². The summed E-state index contributed by atoms with van der Waals surface area (Å²) >= 11 is 0. The summed E-state index contributed by atoms with van der Waals surface area (Å²) in [7, 11) is 0. The first-order chi connectivity index (χ1) is 10.3. The van der Waals surface area contributed by atoms with Crippen molar-refractivity contribution in [3.8, 4) is 0 Å². The number of nitrogens with one attached hydrogen (secondary N) is 2. The van der Waals surface area contributed by atoms with E-state index in [0.717, 1.165) is 45.5 Å². The average molecular weight is 293 g/mol. The molecule has 2 aromatic rings. The highest BCUT2D eigenvalue weighted by molar-refractivity contribution is 5.42. The lowest BCUT2D eigenvalue weighted by Gasteiger charge is -2.22. The third-order valence-electron chi connectivity index (χ3n) is 3.54. The second-order valence-electron chi connectivity index (χ2n) is 5.19. The first kappa shape index (κ1) is 14.2. The van der Waals surface area contributed by atoms with Gasteiger partial charge in [-0.25, -0.2) is 8.91 Å². The van der Waals surface area contributed by atoms with Gasteiger partial charge in [0.15, 0.2) is 5.65 Å². The number of rotatable bonds is 6. The van der Waals surface area contributed by atoms with Crippen LogP contribution in [0, 0.1) is 5.82 Å². The van der Waals surface area contributed by atoms with Crippen LogP contribution in [0.2, 0.25) is 0 Å². The molecule has 0 amide bonds. The van der Waals surface area contributed by atoms with E-state index < -0.39 is 0 Å². The lowest BCUT2D eigenvalue weighted by Crippen LogP contribution is -2.32. The molecule has 21 heavy (non-hydrogen) atoms. The molecule has 0 spiro atoms. The second-order valence-corrected chi connectivity index (χ2v) is 5.19. The normalized spacial score (nSPS) is 16.4. The smallest absolute Gasteiger partial charge is 0.243 e. The van der Waals surface area contributed by atoms with E-state index in [0.29, 0.717) is 17.7 Å². The van der Waals surface area contributed by atoms with Crippen molar-refractivity contribution in [2.75, 3.05) is 31.6 Å². The first-order valence-corrected chi connectivity index (χ1v) is 7.39. The molecule has 1 aliphatic rings. The van der Waals surface area contributed by atoms with Crippen LogP contribution < -0.4 is 10.6 Å². The number of halogens is 1. The Bertz CT molecular complexity index is 582. The molecule has 114 valence electrons. The zero-order valence-corrected chi connectivity index (χ0v) is 11.9. The molecule has 1 fully saturated rings. The SMILES string of the molecule is Fc1ccc2nc(NCCCOC3CCNCC3)nn2c1. The van der Waals surface area contributed by atoms with E-state index in [1.807, 2.05) is 0 Å². The molecule has 1 saturated heterocycles. The lowest BCUT2D eigenvalue weighted by atomic mass is 10.1. The molecule has 3 heterocycles. The van der Waals surface area contributed by atoms with E-state index in [4.69, 9.17) is 4.74 Å². The molecule has 7 heteroatoms. The molecule has 6 nitrogen and oxygen atoms in total. The molecule has 0 atom stereocenters. The number of nitrogens with zero attached hydrogens (tertiary/aromatic N) is 3. The van der Waals surface area contributed by atoms with Crippen molar-refractivity contribution in [3.63, 3.8) is 0 Å². The Morgan fingerprint density at radius 1 is 1.38 bits per heavy atom. The van der Waals surface area contributed by atoms with Gasteiger partial charge < -0.3 is 15.4 Å². The summed E-state index contributed by atoms with van der Waals surface area (Å²) in [5.41, 5.74) is 0.629. The third kappa shape index (κ3) is 3.89. The summed E-state index contributed by atoms with van der Waals surface area (Å²) in [6.07, 6.45) is 4.78. The van der Waals surface area contributed by atoms with E-state index in [2.05, 4.69) is 20.7 Å². The Hall–Kier alpha value is -1.73. The highest BCUT2D eigenvalue weighted by atomic mass is 19.1. The number of anilines is 1. The lowest BCUT2D eigenvalue weighted by molar-refractivity contribution is 0.0329.